The predicted octanol–water partition coefficient (Wildman–Crippen LogP) is 2.97. The van der Waals surface area contributed by atoms with Gasteiger partial charge in [0, 0.05) is 25.7 Å². The molecule has 1 aromatic carbocycles. The smallest absolute Gasteiger partial charge is 0.223 e. The maximum atomic E-state index is 13.0. The second-order valence-electron chi connectivity index (χ2n) is 7.04. The molecule has 0 spiro atoms. The number of rotatable bonds is 6. The third-order valence-electron chi connectivity index (χ3n) is 4.64. The van der Waals surface area contributed by atoms with E-state index in [1.807, 2.05) is 23.9 Å². The topological polar surface area (TPSA) is 49.3 Å². The molecule has 0 N–H and O–H groups in total. The van der Waals surface area contributed by atoms with Crippen LogP contribution in [0.2, 0.25) is 0 Å². The molecule has 2 heterocycles. The molecule has 0 radical (unpaired) electrons. The first-order chi connectivity index (χ1) is 12.5. The zero-order chi connectivity index (χ0) is 18.5. The number of aromatic nitrogens is 2. The summed E-state index contributed by atoms with van der Waals surface area (Å²) in [5.41, 5.74) is 2.76. The fraction of sp³-hybridized carbons (Fsp3) is 0.450. The average Bonchev–Trinajstić information content (AvgIpc) is 3.10. The van der Waals surface area contributed by atoms with Crippen molar-refractivity contribution in [2.45, 2.75) is 38.3 Å². The van der Waals surface area contributed by atoms with Crippen molar-refractivity contribution in [2.75, 3.05) is 20.6 Å². The number of carbonyl (C=O) groups excluding carboxylic acids is 1. The number of likely N-dealkylation sites (tertiary alicyclic amines) is 1. The van der Waals surface area contributed by atoms with Crippen LogP contribution in [0.1, 0.15) is 42.3 Å². The van der Waals surface area contributed by atoms with Crippen molar-refractivity contribution in [3.05, 3.63) is 59.4 Å². The largest absolute Gasteiger partial charge is 0.334 e. The summed E-state index contributed by atoms with van der Waals surface area (Å²) in [6.45, 7) is 1.48. The first-order valence-corrected chi connectivity index (χ1v) is 9.02. The standard InChI is InChI=1S/C20H25FN4O/c1-24(2)14-17-12-22-13-18(23-17)19-4-3-11-25(19)20(26)10-7-15-5-8-16(21)9-6-15/h5-6,8-9,12-13,19H,3-4,7,10-11,14H2,1-2H3/t19-/m1/s1. The highest BCUT2D eigenvalue weighted by Gasteiger charge is 2.30. The lowest BCUT2D eigenvalue weighted by Crippen LogP contribution is -2.31. The number of hydrogen-bond donors (Lipinski definition) is 0. The summed E-state index contributed by atoms with van der Waals surface area (Å²) in [7, 11) is 3.99. The first-order valence-electron chi connectivity index (χ1n) is 9.02. The van der Waals surface area contributed by atoms with Gasteiger partial charge < -0.3 is 9.80 Å². The van der Waals surface area contributed by atoms with E-state index < -0.39 is 0 Å². The number of halogens is 1. The number of carbonyl (C=O) groups is 1. The van der Waals surface area contributed by atoms with Crippen LogP contribution >= 0.6 is 0 Å². The van der Waals surface area contributed by atoms with Gasteiger partial charge >= 0.3 is 0 Å². The van der Waals surface area contributed by atoms with Crippen LogP contribution in [0.3, 0.4) is 0 Å². The molecule has 138 valence electrons. The van der Waals surface area contributed by atoms with E-state index in [-0.39, 0.29) is 17.8 Å². The van der Waals surface area contributed by atoms with Crippen LogP contribution in [0.25, 0.3) is 0 Å². The van der Waals surface area contributed by atoms with Crippen LogP contribution < -0.4 is 0 Å². The van der Waals surface area contributed by atoms with Crippen molar-refractivity contribution in [3.8, 4) is 0 Å². The van der Waals surface area contributed by atoms with E-state index in [0.717, 1.165) is 42.9 Å². The van der Waals surface area contributed by atoms with Crippen LogP contribution in [0.4, 0.5) is 4.39 Å². The van der Waals surface area contributed by atoms with Gasteiger partial charge in [0.15, 0.2) is 0 Å². The van der Waals surface area contributed by atoms with Crippen molar-refractivity contribution in [1.29, 1.82) is 0 Å². The van der Waals surface area contributed by atoms with E-state index >= 15 is 0 Å². The SMILES string of the molecule is CN(C)Cc1cncc([C@H]2CCCN2C(=O)CCc2ccc(F)cc2)n1. The third kappa shape index (κ3) is 4.64. The first kappa shape index (κ1) is 18.5. The van der Waals surface area contributed by atoms with Crippen LogP contribution in [0.15, 0.2) is 36.7 Å². The number of hydrogen-bond acceptors (Lipinski definition) is 4. The molecule has 0 saturated carbocycles. The molecule has 6 heteroatoms. The Bertz CT molecular complexity index is 748. The minimum absolute atomic E-state index is 0.00494. The molecule has 1 aromatic heterocycles. The lowest BCUT2D eigenvalue weighted by molar-refractivity contribution is -0.132. The summed E-state index contributed by atoms with van der Waals surface area (Å²) in [4.78, 5) is 25.7. The highest BCUT2D eigenvalue weighted by atomic mass is 19.1. The van der Waals surface area contributed by atoms with E-state index in [2.05, 4.69) is 4.98 Å². The molecule has 1 fully saturated rings. The van der Waals surface area contributed by atoms with Gasteiger partial charge in [0.05, 0.1) is 23.6 Å². The van der Waals surface area contributed by atoms with Crippen LogP contribution in [-0.2, 0) is 17.8 Å². The maximum absolute atomic E-state index is 13.0. The Morgan fingerprint density at radius 1 is 1.27 bits per heavy atom. The molecule has 2 aromatic rings. The Morgan fingerprint density at radius 3 is 2.77 bits per heavy atom. The predicted molar refractivity (Wildman–Crippen MR) is 97.8 cm³/mol. The molecule has 1 atom stereocenters. The highest BCUT2D eigenvalue weighted by Crippen LogP contribution is 2.31. The van der Waals surface area contributed by atoms with Crippen LogP contribution in [-0.4, -0.2) is 46.3 Å². The number of benzene rings is 1. The Morgan fingerprint density at radius 2 is 2.04 bits per heavy atom. The van der Waals surface area contributed by atoms with Gasteiger partial charge in [-0.15, -0.1) is 0 Å². The zero-order valence-electron chi connectivity index (χ0n) is 15.4. The molecule has 0 bridgehead atoms. The normalized spacial score (nSPS) is 17.1. The van der Waals surface area contributed by atoms with Crippen molar-refractivity contribution in [1.82, 2.24) is 19.8 Å². The van der Waals surface area contributed by atoms with Crippen molar-refractivity contribution < 1.29 is 9.18 Å². The highest BCUT2D eigenvalue weighted by molar-refractivity contribution is 5.77. The minimum atomic E-state index is -0.254. The van der Waals surface area contributed by atoms with Gasteiger partial charge in [-0.25, -0.2) is 4.39 Å². The molecule has 1 amide bonds. The van der Waals surface area contributed by atoms with Gasteiger partial charge in [-0.1, -0.05) is 12.1 Å². The van der Waals surface area contributed by atoms with Gasteiger partial charge in [0.1, 0.15) is 5.82 Å². The zero-order valence-corrected chi connectivity index (χ0v) is 15.4. The lowest BCUT2D eigenvalue weighted by atomic mass is 10.1. The van der Waals surface area contributed by atoms with Crippen LogP contribution in [0, 0.1) is 5.82 Å². The Labute approximate surface area is 153 Å². The molecule has 5 nitrogen and oxygen atoms in total. The third-order valence-corrected chi connectivity index (χ3v) is 4.64. The van der Waals surface area contributed by atoms with Gasteiger partial charge in [-0.3, -0.25) is 14.8 Å². The Balaban J connectivity index is 1.65. The monoisotopic (exact) mass is 356 g/mol. The molecule has 0 aliphatic carbocycles. The van der Waals surface area contributed by atoms with E-state index in [4.69, 9.17) is 4.98 Å². The number of nitrogens with zero attached hydrogens (tertiary/aromatic N) is 4. The second kappa shape index (κ2) is 8.36. The molecule has 3 rings (SSSR count). The van der Waals surface area contributed by atoms with E-state index in [1.54, 1.807) is 24.5 Å². The molecular weight excluding hydrogens is 331 g/mol. The summed E-state index contributed by atoms with van der Waals surface area (Å²) in [6, 6.07) is 6.35. The van der Waals surface area contributed by atoms with Gasteiger partial charge in [0.2, 0.25) is 5.91 Å². The fourth-order valence-electron chi connectivity index (χ4n) is 3.40. The maximum Gasteiger partial charge on any atom is 0.223 e. The fourth-order valence-corrected chi connectivity index (χ4v) is 3.40. The quantitative estimate of drug-likeness (QED) is 0.798. The number of amides is 1. The van der Waals surface area contributed by atoms with Gasteiger partial charge in [-0.05, 0) is 51.1 Å². The van der Waals surface area contributed by atoms with Crippen molar-refractivity contribution >= 4 is 5.91 Å². The molecule has 0 unspecified atom stereocenters. The Hall–Kier alpha value is -2.34. The van der Waals surface area contributed by atoms with Crippen LogP contribution in [0.5, 0.6) is 0 Å². The molecule has 1 aliphatic heterocycles. The minimum Gasteiger partial charge on any atom is -0.334 e. The average molecular weight is 356 g/mol. The molecule has 26 heavy (non-hydrogen) atoms. The Kier molecular flexibility index (Phi) is 5.93. The van der Waals surface area contributed by atoms with E-state index in [9.17, 15) is 9.18 Å². The van der Waals surface area contributed by atoms with E-state index in [0.29, 0.717) is 12.8 Å². The summed E-state index contributed by atoms with van der Waals surface area (Å²) >= 11 is 0. The molecule has 1 saturated heterocycles. The number of aryl methyl sites for hydroxylation is 1. The lowest BCUT2D eigenvalue weighted by Gasteiger charge is -2.24. The van der Waals surface area contributed by atoms with Gasteiger partial charge in [-0.2, -0.15) is 0 Å². The molecule has 1 aliphatic rings. The van der Waals surface area contributed by atoms with Crippen molar-refractivity contribution in [2.24, 2.45) is 0 Å². The van der Waals surface area contributed by atoms with E-state index in [1.165, 1.54) is 12.1 Å². The van der Waals surface area contributed by atoms with Crippen molar-refractivity contribution in [3.63, 3.8) is 0 Å². The second-order valence-corrected chi connectivity index (χ2v) is 7.04. The molecular formula is C20H25FN4O. The summed E-state index contributed by atoms with van der Waals surface area (Å²) in [5.74, 6) is -0.132. The summed E-state index contributed by atoms with van der Waals surface area (Å²) in [5, 5.41) is 0. The summed E-state index contributed by atoms with van der Waals surface area (Å²) < 4.78 is 13.0. The van der Waals surface area contributed by atoms with Gasteiger partial charge in [0.25, 0.3) is 0 Å². The summed E-state index contributed by atoms with van der Waals surface area (Å²) in [6.07, 6.45) is 6.49.